The molecule has 6 N–H and O–H groups in total. The minimum atomic E-state index is -0.628. The van der Waals surface area contributed by atoms with Crippen molar-refractivity contribution < 1.29 is 9.18 Å². The molecule has 0 spiro atoms. The van der Waals surface area contributed by atoms with Gasteiger partial charge in [-0.3, -0.25) is 9.48 Å². The van der Waals surface area contributed by atoms with Crippen molar-refractivity contribution in [1.29, 1.82) is 0 Å². The lowest BCUT2D eigenvalue weighted by molar-refractivity contribution is 0.100. The largest absolute Gasteiger partial charge is 0.377 e. The van der Waals surface area contributed by atoms with Gasteiger partial charge in [-0.05, 0) is 31.0 Å². The van der Waals surface area contributed by atoms with E-state index in [1.54, 1.807) is 29.9 Å². The van der Waals surface area contributed by atoms with Crippen LogP contribution in [0.25, 0.3) is 10.9 Å². The Morgan fingerprint density at radius 3 is 2.76 bits per heavy atom. The SMILES string of the molecule is CC[C@H](N)[C@@H](CC)Nc1c(Nc2ncccc2C(N)=O)cc2c(cnn2C)c1F. The Kier molecular flexibility index (Phi) is 5.97. The smallest absolute Gasteiger partial charge is 0.252 e. The van der Waals surface area contributed by atoms with Crippen molar-refractivity contribution in [3.8, 4) is 0 Å². The summed E-state index contributed by atoms with van der Waals surface area (Å²) >= 11 is 0. The topological polar surface area (TPSA) is 124 Å². The van der Waals surface area contributed by atoms with E-state index in [9.17, 15) is 4.79 Å². The van der Waals surface area contributed by atoms with E-state index in [0.29, 0.717) is 16.6 Å². The zero-order chi connectivity index (χ0) is 21.1. The number of nitrogens with two attached hydrogens (primary N) is 2. The van der Waals surface area contributed by atoms with E-state index in [1.807, 2.05) is 13.8 Å². The predicted molar refractivity (Wildman–Crippen MR) is 113 cm³/mol. The summed E-state index contributed by atoms with van der Waals surface area (Å²) in [6.45, 7) is 3.98. The molecule has 2 aromatic heterocycles. The lowest BCUT2D eigenvalue weighted by Gasteiger charge is -2.26. The van der Waals surface area contributed by atoms with Gasteiger partial charge >= 0.3 is 0 Å². The van der Waals surface area contributed by atoms with Gasteiger partial charge in [-0.15, -0.1) is 0 Å². The zero-order valence-corrected chi connectivity index (χ0v) is 16.7. The zero-order valence-electron chi connectivity index (χ0n) is 16.7. The van der Waals surface area contributed by atoms with Crippen LogP contribution >= 0.6 is 0 Å². The van der Waals surface area contributed by atoms with Gasteiger partial charge < -0.3 is 22.1 Å². The van der Waals surface area contributed by atoms with Crippen LogP contribution in [-0.2, 0) is 7.05 Å². The second kappa shape index (κ2) is 8.44. The quantitative estimate of drug-likeness (QED) is 0.462. The van der Waals surface area contributed by atoms with Crippen molar-refractivity contribution in [1.82, 2.24) is 14.8 Å². The average molecular weight is 399 g/mol. The molecule has 154 valence electrons. The molecule has 0 saturated heterocycles. The van der Waals surface area contributed by atoms with Crippen LogP contribution in [-0.4, -0.2) is 32.8 Å². The van der Waals surface area contributed by atoms with E-state index in [-0.39, 0.29) is 29.2 Å². The van der Waals surface area contributed by atoms with Crippen molar-refractivity contribution in [3.63, 3.8) is 0 Å². The maximum Gasteiger partial charge on any atom is 0.252 e. The van der Waals surface area contributed by atoms with E-state index in [0.717, 1.165) is 12.8 Å². The Morgan fingerprint density at radius 2 is 2.10 bits per heavy atom. The van der Waals surface area contributed by atoms with Gasteiger partial charge in [0.1, 0.15) is 5.82 Å². The normalized spacial score (nSPS) is 13.3. The third kappa shape index (κ3) is 4.00. The molecule has 0 aliphatic carbocycles. The van der Waals surface area contributed by atoms with Crippen LogP contribution in [0.5, 0.6) is 0 Å². The molecule has 0 unspecified atom stereocenters. The molecule has 0 bridgehead atoms. The number of benzene rings is 1. The van der Waals surface area contributed by atoms with Gasteiger partial charge in [0.05, 0.1) is 34.0 Å². The Labute approximate surface area is 168 Å². The lowest BCUT2D eigenvalue weighted by atomic mass is 10.0. The van der Waals surface area contributed by atoms with Gasteiger partial charge in [0.25, 0.3) is 5.91 Å². The number of aromatic nitrogens is 3. The van der Waals surface area contributed by atoms with Crippen molar-refractivity contribution in [2.45, 2.75) is 38.8 Å². The number of anilines is 3. The molecule has 0 aliphatic rings. The van der Waals surface area contributed by atoms with Gasteiger partial charge in [-0.1, -0.05) is 13.8 Å². The second-order valence-electron chi connectivity index (χ2n) is 6.93. The number of carbonyl (C=O) groups is 1. The molecule has 9 heteroatoms. The van der Waals surface area contributed by atoms with Crippen LogP contribution in [0.15, 0.2) is 30.6 Å². The number of hydrogen-bond donors (Lipinski definition) is 4. The molecule has 29 heavy (non-hydrogen) atoms. The fraction of sp³-hybridized carbons (Fsp3) is 0.350. The maximum atomic E-state index is 15.5. The van der Waals surface area contributed by atoms with E-state index >= 15 is 4.39 Å². The average Bonchev–Trinajstić information content (AvgIpc) is 3.08. The first kappa shape index (κ1) is 20.5. The number of carbonyl (C=O) groups excluding carboxylic acids is 1. The first-order valence-electron chi connectivity index (χ1n) is 9.55. The van der Waals surface area contributed by atoms with Crippen molar-refractivity contribution >= 4 is 34.0 Å². The van der Waals surface area contributed by atoms with Crippen LogP contribution in [0, 0.1) is 5.82 Å². The van der Waals surface area contributed by atoms with Crippen LogP contribution in [0.1, 0.15) is 37.0 Å². The number of fused-ring (bicyclic) bond motifs is 1. The molecule has 0 radical (unpaired) electrons. The van der Waals surface area contributed by atoms with E-state index in [2.05, 4.69) is 20.7 Å². The number of rotatable bonds is 8. The number of aryl methyl sites for hydroxylation is 1. The molecule has 3 rings (SSSR count). The van der Waals surface area contributed by atoms with Crippen LogP contribution in [0.4, 0.5) is 21.6 Å². The summed E-state index contributed by atoms with van der Waals surface area (Å²) in [6.07, 6.45) is 4.48. The van der Waals surface area contributed by atoms with Crippen LogP contribution in [0.2, 0.25) is 0 Å². The molecule has 0 fully saturated rings. The Morgan fingerprint density at radius 1 is 1.34 bits per heavy atom. The summed E-state index contributed by atoms with van der Waals surface area (Å²) in [5.74, 6) is -0.829. The van der Waals surface area contributed by atoms with Crippen molar-refractivity contribution in [2.75, 3.05) is 10.6 Å². The molecule has 8 nitrogen and oxygen atoms in total. The van der Waals surface area contributed by atoms with Crippen molar-refractivity contribution in [3.05, 3.63) is 42.0 Å². The van der Waals surface area contributed by atoms with E-state index in [1.165, 1.54) is 12.4 Å². The summed E-state index contributed by atoms with van der Waals surface area (Å²) in [6, 6.07) is 4.66. The van der Waals surface area contributed by atoms with Crippen LogP contribution < -0.4 is 22.1 Å². The minimum Gasteiger partial charge on any atom is -0.377 e. The molecule has 1 aromatic carbocycles. The molecule has 2 atom stereocenters. The summed E-state index contributed by atoms with van der Waals surface area (Å²) in [4.78, 5) is 16.0. The number of hydrogen-bond acceptors (Lipinski definition) is 6. The summed E-state index contributed by atoms with van der Waals surface area (Å²) < 4.78 is 17.0. The highest BCUT2D eigenvalue weighted by Crippen LogP contribution is 2.35. The minimum absolute atomic E-state index is 0.136. The van der Waals surface area contributed by atoms with Gasteiger partial charge in [0.2, 0.25) is 0 Å². The van der Waals surface area contributed by atoms with Gasteiger partial charge in [0.15, 0.2) is 5.82 Å². The van der Waals surface area contributed by atoms with Crippen LogP contribution in [0.3, 0.4) is 0 Å². The highest BCUT2D eigenvalue weighted by atomic mass is 19.1. The summed E-state index contributed by atoms with van der Waals surface area (Å²) in [5, 5.41) is 10.8. The molecule has 2 heterocycles. The Balaban J connectivity index is 2.14. The van der Waals surface area contributed by atoms with Gasteiger partial charge in [0, 0.05) is 25.3 Å². The lowest BCUT2D eigenvalue weighted by Crippen LogP contribution is -2.39. The highest BCUT2D eigenvalue weighted by Gasteiger charge is 2.22. The molecule has 0 saturated carbocycles. The number of halogens is 1. The van der Waals surface area contributed by atoms with Crippen molar-refractivity contribution in [2.24, 2.45) is 18.5 Å². The molecular formula is C20H26FN7O. The third-order valence-electron chi connectivity index (χ3n) is 5.08. The maximum absolute atomic E-state index is 15.5. The monoisotopic (exact) mass is 399 g/mol. The first-order valence-corrected chi connectivity index (χ1v) is 9.55. The molecule has 1 amide bonds. The highest BCUT2D eigenvalue weighted by molar-refractivity contribution is 5.99. The molecular weight excluding hydrogens is 373 g/mol. The Hall–Kier alpha value is -3.20. The second-order valence-corrected chi connectivity index (χ2v) is 6.93. The first-order chi connectivity index (χ1) is 13.9. The molecule has 0 aliphatic heterocycles. The number of nitrogens with one attached hydrogen (secondary N) is 2. The molecule has 3 aromatic rings. The number of amides is 1. The summed E-state index contributed by atoms with van der Waals surface area (Å²) in [7, 11) is 1.73. The number of primary amides is 1. The predicted octanol–water partition coefficient (Wildman–Crippen LogP) is 2.88. The standard InChI is InChI=1S/C20H26FN7O/c1-4-13(22)14(5-2)26-18-15(9-16-12(17(18)21)10-25-28(16)3)27-20-11(19(23)29)7-6-8-24-20/h6-10,13-14,26H,4-5,22H2,1-3H3,(H2,23,29)(H,24,27)/t13-,14+/m0/s1. The third-order valence-corrected chi connectivity index (χ3v) is 5.08. The van der Waals surface area contributed by atoms with E-state index < -0.39 is 11.7 Å². The fourth-order valence-corrected chi connectivity index (χ4v) is 3.30. The number of pyridine rings is 1. The summed E-state index contributed by atoms with van der Waals surface area (Å²) in [5.41, 5.74) is 13.1. The fourth-order valence-electron chi connectivity index (χ4n) is 3.30. The Bertz CT molecular complexity index is 1030. The van der Waals surface area contributed by atoms with Gasteiger partial charge in [-0.2, -0.15) is 5.10 Å². The number of nitrogens with zero attached hydrogens (tertiary/aromatic N) is 3. The van der Waals surface area contributed by atoms with E-state index in [4.69, 9.17) is 11.5 Å². The van der Waals surface area contributed by atoms with Gasteiger partial charge in [-0.25, -0.2) is 9.37 Å².